The molecule has 1 aliphatic rings. The molecule has 2 heterocycles. The third kappa shape index (κ3) is 2.17. The molecule has 4 nitrogen and oxygen atoms in total. The number of hydrogen-bond acceptors (Lipinski definition) is 3. The summed E-state index contributed by atoms with van der Waals surface area (Å²) in [5.41, 5.74) is 2.29. The fraction of sp³-hybridized carbons (Fsp3) is 0.308. The molecule has 4 heteroatoms. The number of aromatic nitrogens is 2. The van der Waals surface area contributed by atoms with Crippen molar-refractivity contribution in [3.63, 3.8) is 0 Å². The molecule has 17 heavy (non-hydrogen) atoms. The quantitative estimate of drug-likeness (QED) is 0.867. The van der Waals surface area contributed by atoms with Crippen LogP contribution in [0, 0.1) is 6.92 Å². The van der Waals surface area contributed by atoms with Gasteiger partial charge < -0.3 is 10.1 Å². The van der Waals surface area contributed by atoms with E-state index in [0.29, 0.717) is 6.10 Å². The minimum absolute atomic E-state index is 0.296. The molecule has 1 N–H and O–H groups in total. The van der Waals surface area contributed by atoms with Gasteiger partial charge in [0.15, 0.2) is 5.75 Å². The first kappa shape index (κ1) is 10.4. The Bertz CT molecular complexity index is 517. The van der Waals surface area contributed by atoms with E-state index in [0.717, 1.165) is 24.5 Å². The Hall–Kier alpha value is -1.81. The predicted octanol–water partition coefficient (Wildman–Crippen LogP) is 1.53. The first-order valence-electron chi connectivity index (χ1n) is 5.80. The van der Waals surface area contributed by atoms with E-state index in [2.05, 4.69) is 29.5 Å². The minimum atomic E-state index is 0.296. The number of benzene rings is 1. The summed E-state index contributed by atoms with van der Waals surface area (Å²) in [6, 6.07) is 8.24. The molecular formula is C13H15N3O. The Labute approximate surface area is 100 Å². The summed E-state index contributed by atoms with van der Waals surface area (Å²) in [6.07, 6.45) is 3.98. The van der Waals surface area contributed by atoms with Crippen LogP contribution in [0.3, 0.4) is 0 Å². The van der Waals surface area contributed by atoms with Crippen molar-refractivity contribution < 1.29 is 4.74 Å². The fourth-order valence-corrected chi connectivity index (χ4v) is 1.82. The number of ether oxygens (including phenoxy) is 1. The highest BCUT2D eigenvalue weighted by atomic mass is 16.5. The van der Waals surface area contributed by atoms with Crippen LogP contribution in [-0.2, 0) is 0 Å². The minimum Gasteiger partial charge on any atom is -0.484 e. The van der Waals surface area contributed by atoms with Gasteiger partial charge in [0.05, 0.1) is 18.1 Å². The second-order valence-electron chi connectivity index (χ2n) is 4.36. The summed E-state index contributed by atoms with van der Waals surface area (Å²) in [5.74, 6) is 0.831. The van der Waals surface area contributed by atoms with Crippen LogP contribution in [0.15, 0.2) is 36.7 Å². The highest BCUT2D eigenvalue weighted by Gasteiger charge is 2.18. The van der Waals surface area contributed by atoms with E-state index in [1.54, 1.807) is 6.20 Å². The Morgan fingerprint density at radius 2 is 2.29 bits per heavy atom. The lowest BCUT2D eigenvalue weighted by Crippen LogP contribution is -2.50. The Morgan fingerprint density at radius 1 is 1.41 bits per heavy atom. The molecule has 0 unspecified atom stereocenters. The molecule has 1 fully saturated rings. The van der Waals surface area contributed by atoms with Crippen molar-refractivity contribution in [3.8, 4) is 11.4 Å². The number of hydrogen-bond donors (Lipinski definition) is 1. The highest BCUT2D eigenvalue weighted by molar-refractivity contribution is 5.35. The van der Waals surface area contributed by atoms with Gasteiger partial charge >= 0.3 is 0 Å². The topological polar surface area (TPSA) is 39.1 Å². The molecule has 3 rings (SSSR count). The van der Waals surface area contributed by atoms with Crippen molar-refractivity contribution in [1.29, 1.82) is 0 Å². The van der Waals surface area contributed by atoms with Crippen molar-refractivity contribution in [1.82, 2.24) is 15.1 Å². The third-order valence-corrected chi connectivity index (χ3v) is 2.87. The summed E-state index contributed by atoms with van der Waals surface area (Å²) in [7, 11) is 0. The largest absolute Gasteiger partial charge is 0.484 e. The van der Waals surface area contributed by atoms with E-state index < -0.39 is 0 Å². The maximum atomic E-state index is 5.74. The molecule has 0 aliphatic carbocycles. The summed E-state index contributed by atoms with van der Waals surface area (Å²) < 4.78 is 7.58. The monoisotopic (exact) mass is 229 g/mol. The Kier molecular flexibility index (Phi) is 2.57. The molecule has 1 aromatic heterocycles. The van der Waals surface area contributed by atoms with Crippen LogP contribution in [0.25, 0.3) is 5.69 Å². The SMILES string of the molecule is Cc1cccc(-n2cc(OC3CNC3)cn2)c1. The summed E-state index contributed by atoms with van der Waals surface area (Å²) in [6.45, 7) is 3.93. The standard InChI is InChI=1S/C13H15N3O/c1-10-3-2-4-11(5-10)16-9-13(8-15-16)17-12-6-14-7-12/h2-5,8-9,12,14H,6-7H2,1H3. The van der Waals surface area contributed by atoms with E-state index in [1.165, 1.54) is 5.56 Å². The van der Waals surface area contributed by atoms with Gasteiger partial charge in [-0.3, -0.25) is 0 Å². The van der Waals surface area contributed by atoms with Crippen molar-refractivity contribution in [2.75, 3.05) is 13.1 Å². The number of nitrogens with one attached hydrogen (secondary N) is 1. The van der Waals surface area contributed by atoms with E-state index in [-0.39, 0.29) is 0 Å². The Morgan fingerprint density at radius 3 is 3.00 bits per heavy atom. The lowest BCUT2D eigenvalue weighted by atomic mass is 10.2. The fourth-order valence-electron chi connectivity index (χ4n) is 1.82. The zero-order valence-corrected chi connectivity index (χ0v) is 9.76. The van der Waals surface area contributed by atoms with Crippen LogP contribution in [0.5, 0.6) is 5.75 Å². The molecule has 0 saturated carbocycles. The normalized spacial score (nSPS) is 15.6. The molecular weight excluding hydrogens is 214 g/mol. The first-order chi connectivity index (χ1) is 8.31. The van der Waals surface area contributed by atoms with Crippen molar-refractivity contribution in [3.05, 3.63) is 42.2 Å². The van der Waals surface area contributed by atoms with Crippen LogP contribution in [0.2, 0.25) is 0 Å². The molecule has 0 bridgehead atoms. The number of rotatable bonds is 3. The molecule has 1 aromatic carbocycles. The van der Waals surface area contributed by atoms with Gasteiger partial charge in [-0.05, 0) is 24.6 Å². The maximum absolute atomic E-state index is 5.74. The molecule has 0 spiro atoms. The molecule has 1 saturated heterocycles. The number of nitrogens with zero attached hydrogens (tertiary/aromatic N) is 2. The van der Waals surface area contributed by atoms with Crippen LogP contribution in [0.1, 0.15) is 5.56 Å². The maximum Gasteiger partial charge on any atom is 0.158 e. The zero-order chi connectivity index (χ0) is 11.7. The van der Waals surface area contributed by atoms with Crippen molar-refractivity contribution >= 4 is 0 Å². The smallest absolute Gasteiger partial charge is 0.158 e. The second-order valence-corrected chi connectivity index (χ2v) is 4.36. The van der Waals surface area contributed by atoms with E-state index in [9.17, 15) is 0 Å². The van der Waals surface area contributed by atoms with Crippen LogP contribution in [0.4, 0.5) is 0 Å². The van der Waals surface area contributed by atoms with E-state index in [1.807, 2.05) is 23.0 Å². The number of aryl methyl sites for hydroxylation is 1. The molecule has 0 atom stereocenters. The summed E-state index contributed by atoms with van der Waals surface area (Å²) >= 11 is 0. The first-order valence-corrected chi connectivity index (χ1v) is 5.80. The van der Waals surface area contributed by atoms with Gasteiger partial charge in [-0.1, -0.05) is 12.1 Å². The summed E-state index contributed by atoms with van der Waals surface area (Å²) in [4.78, 5) is 0. The molecule has 0 amide bonds. The van der Waals surface area contributed by atoms with Gasteiger partial charge in [0.2, 0.25) is 0 Å². The molecule has 2 aromatic rings. The van der Waals surface area contributed by atoms with Crippen LogP contribution in [-0.4, -0.2) is 29.0 Å². The van der Waals surface area contributed by atoms with Gasteiger partial charge in [-0.2, -0.15) is 5.10 Å². The van der Waals surface area contributed by atoms with Crippen LogP contribution < -0.4 is 10.1 Å². The highest BCUT2D eigenvalue weighted by Crippen LogP contribution is 2.16. The molecule has 1 aliphatic heterocycles. The van der Waals surface area contributed by atoms with Gasteiger partial charge in [-0.25, -0.2) is 4.68 Å². The predicted molar refractivity (Wildman–Crippen MR) is 65.6 cm³/mol. The van der Waals surface area contributed by atoms with Gasteiger partial charge in [0.1, 0.15) is 6.10 Å². The van der Waals surface area contributed by atoms with E-state index >= 15 is 0 Å². The Balaban J connectivity index is 1.79. The second kappa shape index (κ2) is 4.22. The lowest BCUT2D eigenvalue weighted by molar-refractivity contribution is 0.142. The molecule has 88 valence electrons. The van der Waals surface area contributed by atoms with Gasteiger partial charge in [0.25, 0.3) is 0 Å². The van der Waals surface area contributed by atoms with Crippen LogP contribution >= 0.6 is 0 Å². The van der Waals surface area contributed by atoms with Gasteiger partial charge in [0, 0.05) is 13.1 Å². The lowest BCUT2D eigenvalue weighted by Gasteiger charge is -2.26. The van der Waals surface area contributed by atoms with E-state index in [4.69, 9.17) is 4.74 Å². The average molecular weight is 229 g/mol. The van der Waals surface area contributed by atoms with Gasteiger partial charge in [-0.15, -0.1) is 0 Å². The van der Waals surface area contributed by atoms with Crippen molar-refractivity contribution in [2.24, 2.45) is 0 Å². The average Bonchev–Trinajstić information content (AvgIpc) is 2.72. The summed E-state index contributed by atoms with van der Waals surface area (Å²) in [5, 5.41) is 7.49. The molecule has 0 radical (unpaired) electrons. The zero-order valence-electron chi connectivity index (χ0n) is 9.76. The third-order valence-electron chi connectivity index (χ3n) is 2.87. The van der Waals surface area contributed by atoms with Crippen molar-refractivity contribution in [2.45, 2.75) is 13.0 Å².